The zero-order valence-corrected chi connectivity index (χ0v) is 15.3. The second-order valence-electron chi connectivity index (χ2n) is 6.14. The van der Waals surface area contributed by atoms with Crippen molar-refractivity contribution in [3.05, 3.63) is 84.7 Å². The third-order valence-corrected chi connectivity index (χ3v) is 4.35. The van der Waals surface area contributed by atoms with Crippen molar-refractivity contribution in [2.45, 2.75) is 13.3 Å². The van der Waals surface area contributed by atoms with Gasteiger partial charge in [-0.25, -0.2) is 14.6 Å². The van der Waals surface area contributed by atoms with E-state index < -0.39 is 0 Å². The van der Waals surface area contributed by atoms with Crippen LogP contribution in [0.5, 0.6) is 0 Å². The van der Waals surface area contributed by atoms with Crippen LogP contribution in [-0.4, -0.2) is 30.6 Å². The van der Waals surface area contributed by atoms with Gasteiger partial charge in [0.2, 0.25) is 0 Å². The molecule has 0 fully saturated rings. The summed E-state index contributed by atoms with van der Waals surface area (Å²) in [5.41, 5.74) is 4.25. The molecular formula is C21H18N6O. The summed E-state index contributed by atoms with van der Waals surface area (Å²) in [6, 6.07) is 15.1. The van der Waals surface area contributed by atoms with E-state index in [-0.39, 0.29) is 5.91 Å². The molecule has 0 radical (unpaired) electrons. The first-order valence-corrected chi connectivity index (χ1v) is 8.91. The van der Waals surface area contributed by atoms with Gasteiger partial charge < -0.3 is 5.32 Å². The molecule has 0 atom stereocenters. The van der Waals surface area contributed by atoms with Crippen molar-refractivity contribution >= 4 is 11.6 Å². The summed E-state index contributed by atoms with van der Waals surface area (Å²) in [4.78, 5) is 25.2. The maximum absolute atomic E-state index is 12.6. The van der Waals surface area contributed by atoms with Crippen LogP contribution in [0, 0.1) is 0 Å². The minimum Gasteiger partial charge on any atom is -0.322 e. The van der Waals surface area contributed by atoms with Gasteiger partial charge in [-0.2, -0.15) is 5.10 Å². The van der Waals surface area contributed by atoms with Gasteiger partial charge in [0.15, 0.2) is 5.82 Å². The quantitative estimate of drug-likeness (QED) is 0.581. The zero-order chi connectivity index (χ0) is 19.3. The summed E-state index contributed by atoms with van der Waals surface area (Å²) in [6.45, 7) is 2.10. The van der Waals surface area contributed by atoms with Crippen LogP contribution in [-0.2, 0) is 6.42 Å². The van der Waals surface area contributed by atoms with Gasteiger partial charge in [0, 0.05) is 23.6 Å². The molecule has 0 aliphatic heterocycles. The summed E-state index contributed by atoms with van der Waals surface area (Å²) in [6.07, 6.45) is 7.15. The predicted octanol–water partition coefficient (Wildman–Crippen LogP) is 3.54. The monoisotopic (exact) mass is 370 g/mol. The molecule has 0 spiro atoms. The SMILES string of the molecule is CCc1ccc(NC(=O)c2ccc(-n3cncn3)nc2)cc1-c1ccccn1. The van der Waals surface area contributed by atoms with E-state index in [2.05, 4.69) is 32.3 Å². The number of pyridine rings is 2. The number of rotatable bonds is 5. The van der Waals surface area contributed by atoms with Crippen molar-refractivity contribution in [3.63, 3.8) is 0 Å². The molecule has 28 heavy (non-hydrogen) atoms. The van der Waals surface area contributed by atoms with Crippen LogP contribution in [0.15, 0.2) is 73.6 Å². The Bertz CT molecular complexity index is 1080. The fraction of sp³-hybridized carbons (Fsp3) is 0.0952. The number of nitrogens with zero attached hydrogens (tertiary/aromatic N) is 5. The highest BCUT2D eigenvalue weighted by Gasteiger charge is 2.11. The average molecular weight is 370 g/mol. The number of carbonyl (C=O) groups is 1. The minimum absolute atomic E-state index is 0.228. The lowest BCUT2D eigenvalue weighted by atomic mass is 10.0. The molecule has 7 nitrogen and oxygen atoms in total. The Balaban J connectivity index is 1.56. The molecule has 1 N–H and O–H groups in total. The Labute approximate surface area is 162 Å². The summed E-state index contributed by atoms with van der Waals surface area (Å²) >= 11 is 0. The number of carbonyl (C=O) groups excluding carboxylic acids is 1. The van der Waals surface area contributed by atoms with Crippen LogP contribution < -0.4 is 5.32 Å². The van der Waals surface area contributed by atoms with Gasteiger partial charge in [0.1, 0.15) is 12.7 Å². The molecule has 7 heteroatoms. The second-order valence-corrected chi connectivity index (χ2v) is 6.14. The van der Waals surface area contributed by atoms with E-state index in [9.17, 15) is 4.79 Å². The maximum Gasteiger partial charge on any atom is 0.257 e. The number of anilines is 1. The number of aromatic nitrogens is 5. The van der Waals surface area contributed by atoms with E-state index in [0.29, 0.717) is 17.1 Å². The first-order valence-electron chi connectivity index (χ1n) is 8.91. The van der Waals surface area contributed by atoms with Gasteiger partial charge in [0.25, 0.3) is 5.91 Å². The molecular weight excluding hydrogens is 352 g/mol. The first kappa shape index (κ1) is 17.5. The average Bonchev–Trinajstić information content (AvgIpc) is 3.29. The Morgan fingerprint density at radius 1 is 1.11 bits per heavy atom. The van der Waals surface area contributed by atoms with E-state index >= 15 is 0 Å². The third-order valence-electron chi connectivity index (χ3n) is 4.35. The second kappa shape index (κ2) is 7.79. The van der Waals surface area contributed by atoms with Gasteiger partial charge in [-0.15, -0.1) is 0 Å². The molecule has 1 aromatic carbocycles. The normalized spacial score (nSPS) is 10.6. The number of hydrogen-bond acceptors (Lipinski definition) is 5. The van der Waals surface area contributed by atoms with Gasteiger partial charge >= 0.3 is 0 Å². The Hall–Kier alpha value is -3.87. The largest absolute Gasteiger partial charge is 0.322 e. The van der Waals surface area contributed by atoms with E-state index in [1.807, 2.05) is 36.4 Å². The Kier molecular flexibility index (Phi) is 4.88. The number of hydrogen-bond donors (Lipinski definition) is 1. The third kappa shape index (κ3) is 3.64. The number of benzene rings is 1. The van der Waals surface area contributed by atoms with Crippen molar-refractivity contribution in [2.24, 2.45) is 0 Å². The van der Waals surface area contributed by atoms with Crippen LogP contribution in [0.25, 0.3) is 17.1 Å². The maximum atomic E-state index is 12.6. The lowest BCUT2D eigenvalue weighted by Crippen LogP contribution is -2.13. The predicted molar refractivity (Wildman–Crippen MR) is 106 cm³/mol. The van der Waals surface area contributed by atoms with Crippen molar-refractivity contribution in [2.75, 3.05) is 5.32 Å². The minimum atomic E-state index is -0.228. The summed E-state index contributed by atoms with van der Waals surface area (Å²) in [5.74, 6) is 0.368. The van der Waals surface area contributed by atoms with Gasteiger partial charge in [-0.3, -0.25) is 9.78 Å². The number of aryl methyl sites for hydroxylation is 1. The van der Waals surface area contributed by atoms with E-state index in [1.54, 1.807) is 24.7 Å². The zero-order valence-electron chi connectivity index (χ0n) is 15.3. The highest BCUT2D eigenvalue weighted by Crippen LogP contribution is 2.26. The Morgan fingerprint density at radius 2 is 2.04 bits per heavy atom. The molecule has 0 saturated heterocycles. The van der Waals surface area contributed by atoms with Crippen LogP contribution in [0.1, 0.15) is 22.8 Å². The molecule has 1 amide bonds. The summed E-state index contributed by atoms with van der Waals surface area (Å²) < 4.78 is 1.53. The van der Waals surface area contributed by atoms with Crippen LogP contribution in [0.2, 0.25) is 0 Å². The van der Waals surface area contributed by atoms with E-state index in [1.165, 1.54) is 22.8 Å². The van der Waals surface area contributed by atoms with Crippen LogP contribution in [0.3, 0.4) is 0 Å². The lowest BCUT2D eigenvalue weighted by Gasteiger charge is -2.11. The molecule has 3 aromatic heterocycles. The molecule has 4 rings (SSSR count). The highest BCUT2D eigenvalue weighted by atomic mass is 16.1. The molecule has 0 aliphatic carbocycles. The molecule has 0 saturated carbocycles. The first-order chi connectivity index (χ1) is 13.7. The van der Waals surface area contributed by atoms with Crippen LogP contribution >= 0.6 is 0 Å². The van der Waals surface area contributed by atoms with Gasteiger partial charge in [-0.1, -0.05) is 19.1 Å². The van der Waals surface area contributed by atoms with Crippen molar-refractivity contribution in [1.29, 1.82) is 0 Å². The topological polar surface area (TPSA) is 85.6 Å². The van der Waals surface area contributed by atoms with E-state index in [0.717, 1.165) is 17.7 Å². The fourth-order valence-electron chi connectivity index (χ4n) is 2.91. The van der Waals surface area contributed by atoms with Crippen LogP contribution in [0.4, 0.5) is 5.69 Å². The summed E-state index contributed by atoms with van der Waals surface area (Å²) in [7, 11) is 0. The Morgan fingerprint density at radius 3 is 2.71 bits per heavy atom. The molecule has 0 unspecified atom stereocenters. The van der Waals surface area contributed by atoms with E-state index in [4.69, 9.17) is 0 Å². The standard InChI is InChI=1S/C21H18N6O/c1-2-15-6-8-17(11-18(15)19-5-3-4-10-23-19)26-21(28)16-7-9-20(24-12-16)27-14-22-13-25-27/h3-14H,2H2,1H3,(H,26,28). The number of amides is 1. The van der Waals surface area contributed by atoms with Gasteiger partial charge in [-0.05, 0) is 48.4 Å². The van der Waals surface area contributed by atoms with Gasteiger partial charge in [0.05, 0.1) is 11.3 Å². The summed E-state index contributed by atoms with van der Waals surface area (Å²) in [5, 5.41) is 6.95. The van der Waals surface area contributed by atoms with Crippen molar-refractivity contribution in [3.8, 4) is 17.1 Å². The lowest BCUT2D eigenvalue weighted by molar-refractivity contribution is 0.102. The van der Waals surface area contributed by atoms with Crippen molar-refractivity contribution in [1.82, 2.24) is 24.7 Å². The smallest absolute Gasteiger partial charge is 0.257 e. The molecule has 0 aliphatic rings. The highest BCUT2D eigenvalue weighted by molar-refractivity contribution is 6.04. The fourth-order valence-corrected chi connectivity index (χ4v) is 2.91. The van der Waals surface area contributed by atoms with Crippen molar-refractivity contribution < 1.29 is 4.79 Å². The molecule has 3 heterocycles. The molecule has 0 bridgehead atoms. The molecule has 4 aromatic rings. The number of nitrogens with one attached hydrogen (secondary N) is 1. The molecule has 138 valence electrons.